The zero-order valence-corrected chi connectivity index (χ0v) is 23.5. The van der Waals surface area contributed by atoms with E-state index in [9.17, 15) is 4.79 Å². The minimum absolute atomic E-state index is 0.341. The number of nitrogens with two attached hydrogens (primary N) is 1. The molecule has 0 aliphatic rings. The molecule has 2 aromatic carbocycles. The first-order valence-corrected chi connectivity index (χ1v) is 13.7. The van der Waals surface area contributed by atoms with Crippen LogP contribution in [0.5, 0.6) is 5.75 Å². The van der Waals surface area contributed by atoms with Gasteiger partial charge in [-0.2, -0.15) is 0 Å². The van der Waals surface area contributed by atoms with Crippen LogP contribution in [0.3, 0.4) is 0 Å². The number of pyridine rings is 1. The lowest BCUT2D eigenvalue weighted by Gasteiger charge is -2.16. The summed E-state index contributed by atoms with van der Waals surface area (Å²) in [5.74, 6) is 0.697. The molecule has 1 unspecified atom stereocenters. The van der Waals surface area contributed by atoms with Crippen LogP contribution in [0.2, 0.25) is 5.02 Å². The number of nitrogens with one attached hydrogen (secondary N) is 1. The first kappa shape index (κ1) is 26.7. The number of hydrogen-bond acceptors (Lipinski definition) is 7. The van der Waals surface area contributed by atoms with E-state index >= 15 is 0 Å². The number of carbonyl (C=O) groups is 1. The van der Waals surface area contributed by atoms with Gasteiger partial charge in [0.05, 0.1) is 11.0 Å². The molecule has 1 amide bonds. The molecule has 200 valence electrons. The highest BCUT2D eigenvalue weighted by molar-refractivity contribution is 7.16. The Bertz CT molecular complexity index is 1630. The maximum Gasteiger partial charge on any atom is 0.262 e. The van der Waals surface area contributed by atoms with Crippen LogP contribution in [0.4, 0.5) is 5.82 Å². The first-order valence-electron chi connectivity index (χ1n) is 12.5. The number of aromatic nitrogens is 3. The van der Waals surface area contributed by atoms with Gasteiger partial charge in [0.15, 0.2) is 0 Å². The number of imidazole rings is 1. The molecule has 0 fully saturated rings. The van der Waals surface area contributed by atoms with Gasteiger partial charge in [-0.3, -0.25) is 9.36 Å². The van der Waals surface area contributed by atoms with E-state index in [0.29, 0.717) is 15.6 Å². The molecular formula is C29H29ClN6O2S. The SMILES string of the molecule is CC(Oc1cc(-n2cnc3cc(-c4ccnc(NCCN(C)C)c4)ccc32)sc1C(N)=O)c1ccccc1Cl. The second kappa shape index (κ2) is 11.4. The number of benzene rings is 2. The highest BCUT2D eigenvalue weighted by Gasteiger charge is 2.21. The summed E-state index contributed by atoms with van der Waals surface area (Å²) in [5, 5.41) is 4.74. The fourth-order valence-corrected chi connectivity index (χ4v) is 5.50. The van der Waals surface area contributed by atoms with Gasteiger partial charge < -0.3 is 20.7 Å². The van der Waals surface area contributed by atoms with E-state index in [2.05, 4.69) is 26.3 Å². The standard InChI is InChI=1S/C29H29ClN6O2S/c1-18(21-6-4-5-7-22(21)30)38-25-16-27(39-28(25)29(31)37)36-17-34-23-14-19(8-9-24(23)36)20-10-11-32-26(15-20)33-12-13-35(2)3/h4-11,14-18H,12-13H2,1-3H3,(H2,31,37)(H,32,33). The number of amides is 1. The van der Waals surface area contributed by atoms with E-state index in [-0.39, 0.29) is 6.10 Å². The van der Waals surface area contributed by atoms with Crippen LogP contribution in [0.25, 0.3) is 27.2 Å². The number of ether oxygens (including phenoxy) is 1. The van der Waals surface area contributed by atoms with Crippen LogP contribution in [0, 0.1) is 0 Å². The van der Waals surface area contributed by atoms with Gasteiger partial charge in [0.25, 0.3) is 5.91 Å². The number of primary amides is 1. The molecular weight excluding hydrogens is 532 g/mol. The molecule has 1 atom stereocenters. The third-order valence-corrected chi connectivity index (χ3v) is 7.77. The number of thiophene rings is 1. The van der Waals surface area contributed by atoms with Crippen LogP contribution >= 0.6 is 22.9 Å². The molecule has 5 aromatic rings. The van der Waals surface area contributed by atoms with Gasteiger partial charge in [-0.05, 0) is 62.5 Å². The maximum absolute atomic E-state index is 12.3. The number of carbonyl (C=O) groups excluding carboxylic acids is 1. The fraction of sp³-hybridized carbons (Fsp3) is 0.207. The van der Waals surface area contributed by atoms with Crippen molar-refractivity contribution in [2.75, 3.05) is 32.5 Å². The van der Waals surface area contributed by atoms with Gasteiger partial charge in [0.2, 0.25) is 0 Å². The first-order chi connectivity index (χ1) is 18.8. The largest absolute Gasteiger partial charge is 0.484 e. The molecule has 0 aliphatic heterocycles. The second-order valence-corrected chi connectivity index (χ2v) is 10.8. The molecule has 0 bridgehead atoms. The minimum Gasteiger partial charge on any atom is -0.484 e. The van der Waals surface area contributed by atoms with Crippen molar-refractivity contribution in [1.29, 1.82) is 0 Å². The molecule has 0 radical (unpaired) electrons. The molecule has 0 saturated heterocycles. The van der Waals surface area contributed by atoms with Gasteiger partial charge in [-0.25, -0.2) is 9.97 Å². The van der Waals surface area contributed by atoms with Crippen molar-refractivity contribution in [3.05, 3.63) is 88.7 Å². The van der Waals surface area contributed by atoms with Gasteiger partial charge >= 0.3 is 0 Å². The Morgan fingerprint density at radius 3 is 2.69 bits per heavy atom. The van der Waals surface area contributed by atoms with Crippen LogP contribution < -0.4 is 15.8 Å². The molecule has 10 heteroatoms. The third-order valence-electron chi connectivity index (χ3n) is 6.30. The van der Waals surface area contributed by atoms with Gasteiger partial charge in [0, 0.05) is 35.9 Å². The van der Waals surface area contributed by atoms with E-state index < -0.39 is 5.91 Å². The Balaban J connectivity index is 1.42. The van der Waals surface area contributed by atoms with Crippen LogP contribution in [-0.4, -0.2) is 52.5 Å². The Hall–Kier alpha value is -3.92. The number of anilines is 1. The van der Waals surface area contributed by atoms with Crippen molar-refractivity contribution in [3.63, 3.8) is 0 Å². The normalized spacial score (nSPS) is 12.1. The lowest BCUT2D eigenvalue weighted by Crippen LogP contribution is -2.21. The molecule has 3 N–H and O–H groups in total. The molecule has 39 heavy (non-hydrogen) atoms. The maximum atomic E-state index is 12.3. The van der Waals surface area contributed by atoms with Crippen LogP contribution in [0.1, 0.15) is 28.3 Å². The van der Waals surface area contributed by atoms with Crippen molar-refractivity contribution in [1.82, 2.24) is 19.4 Å². The van der Waals surface area contributed by atoms with E-state index in [1.807, 2.05) is 80.2 Å². The highest BCUT2D eigenvalue weighted by atomic mass is 35.5. The molecule has 0 spiro atoms. The molecule has 0 aliphatic carbocycles. The second-order valence-electron chi connectivity index (χ2n) is 9.40. The van der Waals surface area contributed by atoms with Crippen molar-refractivity contribution in [2.24, 2.45) is 5.73 Å². The van der Waals surface area contributed by atoms with Gasteiger partial charge in [-0.15, -0.1) is 11.3 Å². The minimum atomic E-state index is -0.549. The number of rotatable bonds is 10. The third kappa shape index (κ3) is 5.90. The summed E-state index contributed by atoms with van der Waals surface area (Å²) >= 11 is 7.61. The smallest absolute Gasteiger partial charge is 0.262 e. The lowest BCUT2D eigenvalue weighted by molar-refractivity contribution is 0.0998. The predicted molar refractivity (Wildman–Crippen MR) is 158 cm³/mol. The number of likely N-dealkylation sites (N-methyl/N-ethyl adjacent to an activating group) is 1. The van der Waals surface area contributed by atoms with Crippen LogP contribution in [-0.2, 0) is 0 Å². The lowest BCUT2D eigenvalue weighted by atomic mass is 10.1. The van der Waals surface area contributed by atoms with Crippen molar-refractivity contribution >= 4 is 45.7 Å². The number of nitrogens with zero attached hydrogens (tertiary/aromatic N) is 4. The quantitative estimate of drug-likeness (QED) is 0.217. The average Bonchev–Trinajstić information content (AvgIpc) is 3.52. The summed E-state index contributed by atoms with van der Waals surface area (Å²) in [6, 6.07) is 19.4. The summed E-state index contributed by atoms with van der Waals surface area (Å²) in [6.45, 7) is 3.62. The predicted octanol–water partition coefficient (Wildman–Crippen LogP) is 6.01. The van der Waals surface area contributed by atoms with Crippen LogP contribution in [0.15, 0.2) is 73.2 Å². The average molecular weight is 561 g/mol. The number of fused-ring (bicyclic) bond motifs is 1. The summed E-state index contributed by atoms with van der Waals surface area (Å²) in [6.07, 6.45) is 3.18. The monoisotopic (exact) mass is 560 g/mol. The van der Waals surface area contributed by atoms with Crippen molar-refractivity contribution in [2.45, 2.75) is 13.0 Å². The Labute approximate surface area is 236 Å². The molecule has 3 heterocycles. The Morgan fingerprint density at radius 1 is 1.13 bits per heavy atom. The molecule has 8 nitrogen and oxygen atoms in total. The van der Waals surface area contributed by atoms with Crippen molar-refractivity contribution in [3.8, 4) is 21.9 Å². The Morgan fingerprint density at radius 2 is 1.92 bits per heavy atom. The highest BCUT2D eigenvalue weighted by Crippen LogP contribution is 2.37. The van der Waals surface area contributed by atoms with E-state index in [4.69, 9.17) is 22.1 Å². The molecule has 5 rings (SSSR count). The summed E-state index contributed by atoms with van der Waals surface area (Å²) < 4.78 is 8.10. The topological polar surface area (TPSA) is 98.3 Å². The number of halogens is 1. The zero-order valence-electron chi connectivity index (χ0n) is 21.9. The fourth-order valence-electron chi connectivity index (χ4n) is 4.28. The van der Waals surface area contributed by atoms with Gasteiger partial charge in [-0.1, -0.05) is 35.9 Å². The molecule has 3 aromatic heterocycles. The van der Waals surface area contributed by atoms with Crippen molar-refractivity contribution < 1.29 is 9.53 Å². The summed E-state index contributed by atoms with van der Waals surface area (Å²) in [4.78, 5) is 23.8. The molecule has 0 saturated carbocycles. The summed E-state index contributed by atoms with van der Waals surface area (Å²) in [7, 11) is 4.08. The Kier molecular flexibility index (Phi) is 7.83. The van der Waals surface area contributed by atoms with E-state index in [0.717, 1.165) is 51.6 Å². The van der Waals surface area contributed by atoms with E-state index in [1.54, 1.807) is 12.5 Å². The summed E-state index contributed by atoms with van der Waals surface area (Å²) in [5.41, 5.74) is 10.3. The zero-order chi connectivity index (χ0) is 27.5. The van der Waals surface area contributed by atoms with Gasteiger partial charge in [0.1, 0.15) is 33.9 Å². The number of hydrogen-bond donors (Lipinski definition) is 2. The van der Waals surface area contributed by atoms with E-state index in [1.165, 1.54) is 11.3 Å².